The Morgan fingerprint density at radius 1 is 1.14 bits per heavy atom. The summed E-state index contributed by atoms with van der Waals surface area (Å²) in [6.07, 6.45) is 0. The molecular formula is IN6-. The maximum atomic E-state index is 7.60. The Morgan fingerprint density at radius 2 is 1.57 bits per heavy atom. The summed E-state index contributed by atoms with van der Waals surface area (Å²) in [5.41, 5.74) is 15.2. The molecule has 0 bridgehead atoms. The minimum atomic E-state index is -0.959. The SMILES string of the molecule is [N-]=[N+]=N[I-]N=[N+]=[N-]. The van der Waals surface area contributed by atoms with E-state index in [4.69, 9.17) is 11.1 Å². The fourth-order valence-electron chi connectivity index (χ4n) is 0.0454. The van der Waals surface area contributed by atoms with Crippen LogP contribution in [0.2, 0.25) is 0 Å². The van der Waals surface area contributed by atoms with Gasteiger partial charge in [0.15, 0.2) is 0 Å². The van der Waals surface area contributed by atoms with Gasteiger partial charge in [-0.3, -0.25) is 0 Å². The molecule has 0 unspecified atom stereocenters. The standard InChI is InChI=1S/IN6/c2-6-4-1-5-7-3/q-1. The molecule has 0 aromatic carbocycles. The van der Waals surface area contributed by atoms with E-state index in [-0.39, 0.29) is 0 Å². The van der Waals surface area contributed by atoms with Crippen LogP contribution in [0.4, 0.5) is 0 Å². The van der Waals surface area contributed by atoms with Crippen LogP contribution in [-0.4, -0.2) is 0 Å². The van der Waals surface area contributed by atoms with Crippen LogP contribution in [0.3, 0.4) is 0 Å². The summed E-state index contributed by atoms with van der Waals surface area (Å²) in [5.74, 6) is 0. The molecular weight excluding hydrogens is 211 g/mol. The molecule has 6 nitrogen and oxygen atoms in total. The molecule has 0 atom stereocenters. The average molecular weight is 211 g/mol. The minimum absolute atomic E-state index is 0.959. The molecule has 0 amide bonds. The van der Waals surface area contributed by atoms with E-state index in [0.717, 1.165) is 0 Å². The summed E-state index contributed by atoms with van der Waals surface area (Å²) < 4.78 is 6.06. The molecule has 0 saturated heterocycles. The third-order valence-electron chi connectivity index (χ3n) is 0.135. The van der Waals surface area contributed by atoms with Gasteiger partial charge in [-0.05, 0) is 0 Å². The van der Waals surface area contributed by atoms with E-state index in [0.29, 0.717) is 0 Å². The van der Waals surface area contributed by atoms with E-state index in [9.17, 15) is 0 Å². The maximum absolute atomic E-state index is 7.60. The number of nitrogens with zero attached hydrogens (tertiary/aromatic N) is 6. The quantitative estimate of drug-likeness (QED) is 0.230. The number of rotatable bonds is 2. The molecule has 0 aromatic rings. The summed E-state index contributed by atoms with van der Waals surface area (Å²) in [5, 5.41) is 0. The van der Waals surface area contributed by atoms with Gasteiger partial charge in [0.05, 0.1) is 0 Å². The normalized spacial score (nSPS) is 6.29. The van der Waals surface area contributed by atoms with E-state index in [2.05, 4.69) is 16.5 Å². The molecule has 0 spiro atoms. The zero-order valence-corrected chi connectivity index (χ0v) is 5.22. The van der Waals surface area contributed by atoms with Crippen molar-refractivity contribution in [1.82, 2.24) is 0 Å². The van der Waals surface area contributed by atoms with Gasteiger partial charge in [-0.2, -0.15) is 0 Å². The number of hydrogen-bond donors (Lipinski definition) is 0. The van der Waals surface area contributed by atoms with Gasteiger partial charge in [-0.15, -0.1) is 0 Å². The van der Waals surface area contributed by atoms with Gasteiger partial charge in [-0.25, -0.2) is 0 Å². The summed E-state index contributed by atoms with van der Waals surface area (Å²) >= 11 is -0.959. The molecule has 0 aliphatic heterocycles. The first-order valence-electron chi connectivity index (χ1n) is 1.14. The van der Waals surface area contributed by atoms with E-state index in [1.807, 2.05) is 0 Å². The van der Waals surface area contributed by atoms with Gasteiger partial charge in [0.25, 0.3) is 0 Å². The van der Waals surface area contributed by atoms with Crippen molar-refractivity contribution >= 4 is 0 Å². The Bertz CT molecular complexity index is 107. The van der Waals surface area contributed by atoms with Crippen molar-refractivity contribution in [3.63, 3.8) is 0 Å². The fourth-order valence-corrected chi connectivity index (χ4v) is 0.304. The molecule has 0 aliphatic rings. The summed E-state index contributed by atoms with van der Waals surface area (Å²) in [6.45, 7) is 0. The molecule has 7 heavy (non-hydrogen) atoms. The van der Waals surface area contributed by atoms with Crippen LogP contribution >= 0.6 is 0 Å². The monoisotopic (exact) mass is 211 g/mol. The number of halogens is 1. The third-order valence-corrected chi connectivity index (χ3v) is 0.907. The van der Waals surface area contributed by atoms with Crippen molar-refractivity contribution in [2.24, 2.45) is 6.66 Å². The summed E-state index contributed by atoms with van der Waals surface area (Å²) in [6, 6.07) is 0. The Balaban J connectivity index is 3.33. The zero-order valence-electron chi connectivity index (χ0n) is 3.06. The summed E-state index contributed by atoms with van der Waals surface area (Å²) in [7, 11) is 0. The van der Waals surface area contributed by atoms with Gasteiger partial charge in [0.2, 0.25) is 0 Å². The van der Waals surface area contributed by atoms with Crippen molar-refractivity contribution < 1.29 is 21.8 Å². The van der Waals surface area contributed by atoms with Gasteiger partial charge in [-0.1, -0.05) is 0 Å². The molecule has 0 saturated carbocycles. The topological polar surface area (TPSA) is 97.5 Å². The first-order chi connectivity index (χ1) is 3.41. The van der Waals surface area contributed by atoms with Gasteiger partial charge >= 0.3 is 49.3 Å². The van der Waals surface area contributed by atoms with Crippen LogP contribution in [0, 0.1) is 0 Å². The van der Waals surface area contributed by atoms with Gasteiger partial charge < -0.3 is 0 Å². The average Bonchev–Trinajstić information content (AvgIpc) is 1.69. The van der Waals surface area contributed by atoms with Crippen molar-refractivity contribution in [1.29, 1.82) is 0 Å². The van der Waals surface area contributed by atoms with Crippen molar-refractivity contribution in [3.05, 3.63) is 20.9 Å². The molecule has 0 aromatic heterocycles. The Hall–Kier alpha value is -0.650. The Kier molecular flexibility index (Phi) is 4.85. The fraction of sp³-hybridized carbons (Fsp3) is 0. The molecule has 38 valence electrons. The Morgan fingerprint density at radius 3 is 1.86 bits per heavy atom. The Labute approximate surface area is 49.7 Å². The van der Waals surface area contributed by atoms with E-state index in [1.54, 1.807) is 0 Å². The molecule has 0 rings (SSSR count). The third kappa shape index (κ3) is 5.35. The number of hydrogen-bond acceptors (Lipinski definition) is 2. The van der Waals surface area contributed by atoms with Crippen LogP contribution in [-0.2, 0) is 0 Å². The number of azide groups is 1. The second-order valence-electron chi connectivity index (χ2n) is 0.406. The zero-order chi connectivity index (χ0) is 5.54. The second kappa shape index (κ2) is 5.35. The molecule has 0 radical (unpaired) electrons. The molecule has 0 heterocycles. The van der Waals surface area contributed by atoms with Crippen LogP contribution in [0.25, 0.3) is 20.9 Å². The van der Waals surface area contributed by atoms with Crippen LogP contribution in [0.5, 0.6) is 0 Å². The summed E-state index contributed by atoms with van der Waals surface area (Å²) in [4.78, 5) is 4.76. The van der Waals surface area contributed by atoms with Crippen LogP contribution in [0.1, 0.15) is 0 Å². The van der Waals surface area contributed by atoms with E-state index in [1.165, 1.54) is 0 Å². The van der Waals surface area contributed by atoms with Crippen molar-refractivity contribution in [2.75, 3.05) is 0 Å². The van der Waals surface area contributed by atoms with E-state index >= 15 is 0 Å². The van der Waals surface area contributed by atoms with Crippen LogP contribution < -0.4 is 21.8 Å². The second-order valence-corrected chi connectivity index (χ2v) is 1.70. The molecule has 0 aliphatic carbocycles. The first-order valence-corrected chi connectivity index (χ1v) is 3.07. The molecule has 0 N–H and O–H groups in total. The van der Waals surface area contributed by atoms with Gasteiger partial charge in [0, 0.05) is 0 Å². The first kappa shape index (κ1) is 6.35. The van der Waals surface area contributed by atoms with Crippen molar-refractivity contribution in [3.8, 4) is 0 Å². The van der Waals surface area contributed by atoms with Crippen molar-refractivity contribution in [2.45, 2.75) is 0 Å². The molecule has 0 fully saturated rings. The van der Waals surface area contributed by atoms with E-state index < -0.39 is 21.8 Å². The van der Waals surface area contributed by atoms with Crippen LogP contribution in [0.15, 0.2) is 6.66 Å². The predicted octanol–water partition coefficient (Wildman–Crippen LogP) is -1.47. The predicted molar refractivity (Wildman–Crippen MR) is 18.3 cm³/mol. The van der Waals surface area contributed by atoms with Gasteiger partial charge in [0.1, 0.15) is 0 Å². The molecule has 7 heteroatoms.